The monoisotopic (exact) mass is 226 g/mol. The standard InChI is InChI=1S/C14H26O2/c1-10(9-14(3,4)5)6-7-12-8-11(2)16-13(12)15/h10-12H,6-9H2,1-5H3/t10-,11-,12+/m0/s1. The van der Waals surface area contributed by atoms with Gasteiger partial charge in [0.1, 0.15) is 0 Å². The van der Waals surface area contributed by atoms with Crippen LogP contribution in [0.1, 0.15) is 60.3 Å². The first kappa shape index (κ1) is 13.5. The van der Waals surface area contributed by atoms with Gasteiger partial charge >= 0.3 is 5.97 Å². The molecule has 0 aromatic heterocycles. The molecule has 1 aliphatic heterocycles. The molecule has 0 spiro atoms. The van der Waals surface area contributed by atoms with E-state index >= 15 is 0 Å². The molecule has 0 amide bonds. The fraction of sp³-hybridized carbons (Fsp3) is 0.929. The summed E-state index contributed by atoms with van der Waals surface area (Å²) < 4.78 is 5.17. The second-order valence-electron chi connectivity index (χ2n) is 6.63. The maximum absolute atomic E-state index is 11.5. The molecule has 0 unspecified atom stereocenters. The summed E-state index contributed by atoms with van der Waals surface area (Å²) in [7, 11) is 0. The predicted molar refractivity (Wildman–Crippen MR) is 66.1 cm³/mol. The number of carbonyl (C=O) groups excluding carboxylic acids is 1. The van der Waals surface area contributed by atoms with Crippen LogP contribution in [0.3, 0.4) is 0 Å². The van der Waals surface area contributed by atoms with E-state index in [2.05, 4.69) is 27.7 Å². The Kier molecular flexibility index (Phi) is 4.40. The van der Waals surface area contributed by atoms with Crippen molar-refractivity contribution in [2.24, 2.45) is 17.3 Å². The van der Waals surface area contributed by atoms with Crippen molar-refractivity contribution in [3.63, 3.8) is 0 Å². The van der Waals surface area contributed by atoms with E-state index in [1.54, 1.807) is 0 Å². The summed E-state index contributed by atoms with van der Waals surface area (Å²) in [5, 5.41) is 0. The summed E-state index contributed by atoms with van der Waals surface area (Å²) in [6.07, 6.45) is 4.42. The summed E-state index contributed by atoms with van der Waals surface area (Å²) in [6, 6.07) is 0. The number of carbonyl (C=O) groups is 1. The van der Waals surface area contributed by atoms with E-state index in [0.29, 0.717) is 11.3 Å². The van der Waals surface area contributed by atoms with Crippen LogP contribution < -0.4 is 0 Å². The van der Waals surface area contributed by atoms with Crippen LogP contribution in [0.15, 0.2) is 0 Å². The smallest absolute Gasteiger partial charge is 0.309 e. The minimum Gasteiger partial charge on any atom is -0.462 e. The number of cyclic esters (lactones) is 1. The maximum Gasteiger partial charge on any atom is 0.309 e. The summed E-state index contributed by atoms with van der Waals surface area (Å²) in [5.41, 5.74) is 0.392. The summed E-state index contributed by atoms with van der Waals surface area (Å²) in [6.45, 7) is 11.1. The Morgan fingerprint density at radius 2 is 2.06 bits per heavy atom. The molecule has 0 N–H and O–H groups in total. The van der Waals surface area contributed by atoms with E-state index in [0.717, 1.165) is 19.3 Å². The van der Waals surface area contributed by atoms with Gasteiger partial charge in [-0.3, -0.25) is 4.79 Å². The van der Waals surface area contributed by atoms with Gasteiger partial charge in [-0.25, -0.2) is 0 Å². The maximum atomic E-state index is 11.5. The topological polar surface area (TPSA) is 26.3 Å². The first-order valence-electron chi connectivity index (χ1n) is 6.48. The molecule has 94 valence electrons. The molecule has 2 nitrogen and oxygen atoms in total. The van der Waals surface area contributed by atoms with Gasteiger partial charge in [-0.1, -0.05) is 27.7 Å². The number of ether oxygens (including phenoxy) is 1. The van der Waals surface area contributed by atoms with Crippen molar-refractivity contribution in [3.8, 4) is 0 Å². The fourth-order valence-electron chi connectivity index (χ4n) is 2.71. The minimum atomic E-state index is 0.0236. The molecule has 2 heteroatoms. The molecule has 0 bridgehead atoms. The van der Waals surface area contributed by atoms with Crippen molar-refractivity contribution in [2.45, 2.75) is 66.4 Å². The molecule has 1 aliphatic rings. The van der Waals surface area contributed by atoms with Crippen LogP contribution in [-0.4, -0.2) is 12.1 Å². The van der Waals surface area contributed by atoms with Crippen molar-refractivity contribution in [1.82, 2.24) is 0 Å². The van der Waals surface area contributed by atoms with Crippen molar-refractivity contribution in [2.75, 3.05) is 0 Å². The third kappa shape index (κ3) is 4.54. The molecule has 0 radical (unpaired) electrons. The molecule has 16 heavy (non-hydrogen) atoms. The van der Waals surface area contributed by atoms with Crippen LogP contribution in [0.5, 0.6) is 0 Å². The van der Waals surface area contributed by atoms with Gasteiger partial charge in [-0.15, -0.1) is 0 Å². The van der Waals surface area contributed by atoms with E-state index in [9.17, 15) is 4.79 Å². The van der Waals surface area contributed by atoms with Crippen molar-refractivity contribution in [1.29, 1.82) is 0 Å². The number of hydrogen-bond donors (Lipinski definition) is 0. The quantitative estimate of drug-likeness (QED) is 0.682. The number of rotatable bonds is 4. The molecule has 0 aromatic carbocycles. The van der Waals surface area contributed by atoms with Gasteiger partial charge < -0.3 is 4.74 Å². The molecule has 0 aliphatic carbocycles. The van der Waals surface area contributed by atoms with E-state index in [1.165, 1.54) is 6.42 Å². The average Bonchev–Trinajstić information content (AvgIpc) is 2.38. The highest BCUT2D eigenvalue weighted by atomic mass is 16.5. The predicted octanol–water partition coefficient (Wildman–Crippen LogP) is 3.79. The first-order chi connectivity index (χ1) is 7.28. The zero-order chi connectivity index (χ0) is 12.3. The van der Waals surface area contributed by atoms with Crippen LogP contribution in [0, 0.1) is 17.3 Å². The largest absolute Gasteiger partial charge is 0.462 e. The van der Waals surface area contributed by atoms with Crippen LogP contribution in [0.25, 0.3) is 0 Å². The van der Waals surface area contributed by atoms with Gasteiger partial charge in [-0.05, 0) is 43.9 Å². The van der Waals surface area contributed by atoms with Crippen LogP contribution in [0.2, 0.25) is 0 Å². The Balaban J connectivity index is 2.27. The second-order valence-corrected chi connectivity index (χ2v) is 6.63. The molecule has 3 atom stereocenters. The van der Waals surface area contributed by atoms with Gasteiger partial charge in [-0.2, -0.15) is 0 Å². The molecular weight excluding hydrogens is 200 g/mol. The van der Waals surface area contributed by atoms with Gasteiger partial charge in [0.05, 0.1) is 12.0 Å². The second kappa shape index (κ2) is 5.20. The fourth-order valence-corrected chi connectivity index (χ4v) is 2.71. The third-order valence-electron chi connectivity index (χ3n) is 3.24. The van der Waals surface area contributed by atoms with Gasteiger partial charge in [0.25, 0.3) is 0 Å². The third-order valence-corrected chi connectivity index (χ3v) is 3.24. The molecule has 1 rings (SSSR count). The average molecular weight is 226 g/mol. The first-order valence-corrected chi connectivity index (χ1v) is 6.48. The summed E-state index contributed by atoms with van der Waals surface area (Å²) in [5.74, 6) is 0.886. The van der Waals surface area contributed by atoms with E-state index < -0.39 is 0 Å². The van der Waals surface area contributed by atoms with Crippen LogP contribution >= 0.6 is 0 Å². The Labute approximate surface area is 99.8 Å². The zero-order valence-electron chi connectivity index (χ0n) is 11.4. The highest BCUT2D eigenvalue weighted by molar-refractivity contribution is 5.74. The zero-order valence-corrected chi connectivity index (χ0v) is 11.4. The Morgan fingerprint density at radius 1 is 1.44 bits per heavy atom. The van der Waals surface area contributed by atoms with Crippen LogP contribution in [0.4, 0.5) is 0 Å². The number of esters is 1. The molecule has 0 saturated carbocycles. The highest BCUT2D eigenvalue weighted by Crippen LogP contribution is 2.31. The molecule has 1 heterocycles. The summed E-state index contributed by atoms with van der Waals surface area (Å²) in [4.78, 5) is 11.5. The van der Waals surface area contributed by atoms with Crippen LogP contribution in [-0.2, 0) is 9.53 Å². The minimum absolute atomic E-state index is 0.0236. The summed E-state index contributed by atoms with van der Waals surface area (Å²) >= 11 is 0. The van der Waals surface area contributed by atoms with Crippen molar-refractivity contribution >= 4 is 5.97 Å². The molecule has 0 aromatic rings. The lowest BCUT2D eigenvalue weighted by Crippen LogP contribution is -2.14. The SMILES string of the molecule is C[C@@H](CC[C@@H]1C[C@H](C)OC1=O)CC(C)(C)C. The van der Waals surface area contributed by atoms with E-state index in [4.69, 9.17) is 4.74 Å². The lowest BCUT2D eigenvalue weighted by atomic mass is 9.82. The van der Waals surface area contributed by atoms with Crippen molar-refractivity contribution < 1.29 is 9.53 Å². The van der Waals surface area contributed by atoms with E-state index in [-0.39, 0.29) is 18.0 Å². The molecule has 1 saturated heterocycles. The highest BCUT2D eigenvalue weighted by Gasteiger charge is 2.31. The lowest BCUT2D eigenvalue weighted by molar-refractivity contribution is -0.144. The molecule has 1 fully saturated rings. The van der Waals surface area contributed by atoms with Gasteiger partial charge in [0, 0.05) is 0 Å². The van der Waals surface area contributed by atoms with E-state index in [1.807, 2.05) is 6.92 Å². The number of hydrogen-bond acceptors (Lipinski definition) is 2. The normalized spacial score (nSPS) is 27.9. The van der Waals surface area contributed by atoms with Gasteiger partial charge in [0.15, 0.2) is 0 Å². The Bertz CT molecular complexity index is 240. The Hall–Kier alpha value is -0.530. The Morgan fingerprint density at radius 3 is 2.50 bits per heavy atom. The molecular formula is C14H26O2. The van der Waals surface area contributed by atoms with Crippen molar-refractivity contribution in [3.05, 3.63) is 0 Å². The van der Waals surface area contributed by atoms with Gasteiger partial charge in [0.2, 0.25) is 0 Å². The lowest BCUT2D eigenvalue weighted by Gasteiger charge is -2.23.